The van der Waals surface area contributed by atoms with Gasteiger partial charge in [-0.15, -0.1) is 0 Å². The van der Waals surface area contributed by atoms with Gasteiger partial charge in [-0.3, -0.25) is 14.4 Å². The van der Waals surface area contributed by atoms with Crippen LogP contribution >= 0.6 is 11.6 Å². The van der Waals surface area contributed by atoms with Crippen LogP contribution in [0.4, 0.5) is 5.69 Å². The molecule has 2 aliphatic heterocycles. The van der Waals surface area contributed by atoms with Gasteiger partial charge >= 0.3 is 0 Å². The van der Waals surface area contributed by atoms with Crippen molar-refractivity contribution in [3.63, 3.8) is 0 Å². The molecule has 4 nitrogen and oxygen atoms in total. The molecule has 0 N–H and O–H groups in total. The number of hydrogen-bond donors (Lipinski definition) is 0. The molecule has 3 aliphatic rings. The van der Waals surface area contributed by atoms with Crippen molar-refractivity contribution < 1.29 is 14.4 Å². The third kappa shape index (κ3) is 3.22. The molecule has 2 heterocycles. The second kappa shape index (κ2) is 8.62. The Morgan fingerprint density at radius 1 is 0.821 bits per heavy atom. The van der Waals surface area contributed by atoms with Crippen molar-refractivity contribution in [3.05, 3.63) is 142 Å². The molecule has 1 saturated heterocycles. The van der Waals surface area contributed by atoms with E-state index in [1.165, 1.54) is 0 Å². The van der Waals surface area contributed by atoms with Gasteiger partial charge in [0.1, 0.15) is 11.5 Å². The Hall–Kier alpha value is -4.28. The first kappa shape index (κ1) is 23.8. The third-order valence-corrected chi connectivity index (χ3v) is 8.76. The van der Waals surface area contributed by atoms with Gasteiger partial charge in [0.05, 0.1) is 6.04 Å². The van der Waals surface area contributed by atoms with Crippen LogP contribution in [-0.4, -0.2) is 29.4 Å². The predicted octanol–water partition coefficient (Wildman–Crippen LogP) is 6.96. The molecule has 4 aromatic rings. The van der Waals surface area contributed by atoms with Gasteiger partial charge in [0.2, 0.25) is 0 Å². The molecule has 7 rings (SSSR count). The summed E-state index contributed by atoms with van der Waals surface area (Å²) in [5.74, 6) is -1.30. The highest BCUT2D eigenvalue weighted by atomic mass is 35.5. The summed E-state index contributed by atoms with van der Waals surface area (Å²) in [6.45, 7) is 1.98. The van der Waals surface area contributed by atoms with Crippen molar-refractivity contribution >= 4 is 40.7 Å². The van der Waals surface area contributed by atoms with E-state index < -0.39 is 23.4 Å². The summed E-state index contributed by atoms with van der Waals surface area (Å²) in [6, 6.07) is 28.2. The third-order valence-electron chi connectivity index (χ3n) is 8.53. The molecule has 3 atom stereocenters. The number of ketones is 3. The first-order valence-corrected chi connectivity index (χ1v) is 13.4. The number of benzene rings is 4. The quantitative estimate of drug-likeness (QED) is 0.212. The van der Waals surface area contributed by atoms with Gasteiger partial charge in [-0.2, -0.15) is 0 Å². The number of hydrogen-bond acceptors (Lipinski definition) is 4. The largest absolute Gasteiger partial charge is 0.352 e. The van der Waals surface area contributed by atoms with Gasteiger partial charge in [-0.05, 0) is 36.2 Å². The number of aryl methyl sites for hydroxylation is 1. The fourth-order valence-electron chi connectivity index (χ4n) is 6.87. The molecule has 0 unspecified atom stereocenters. The van der Waals surface area contributed by atoms with Crippen LogP contribution in [0.15, 0.2) is 103 Å². The van der Waals surface area contributed by atoms with Gasteiger partial charge < -0.3 is 4.90 Å². The average Bonchev–Trinajstić information content (AvgIpc) is 3.39. The van der Waals surface area contributed by atoms with Crippen LogP contribution in [0.1, 0.15) is 53.7 Å². The monoisotopic (exact) mass is 529 g/mol. The lowest BCUT2D eigenvalue weighted by molar-refractivity contribution is 0.0666. The highest BCUT2D eigenvalue weighted by Gasteiger charge is 2.71. The molecule has 1 spiro atoms. The Morgan fingerprint density at radius 2 is 1.46 bits per heavy atom. The highest BCUT2D eigenvalue weighted by molar-refractivity contribution is 6.32. The van der Waals surface area contributed by atoms with Gasteiger partial charge in [0.15, 0.2) is 17.3 Å². The van der Waals surface area contributed by atoms with E-state index in [0.29, 0.717) is 21.7 Å². The topological polar surface area (TPSA) is 54.5 Å². The number of halogens is 1. The normalized spacial score (nSPS) is 22.1. The number of carbonyl (C=O) groups excluding carboxylic acids is 3. The number of anilines is 1. The maximum atomic E-state index is 14.6. The second-order valence-corrected chi connectivity index (χ2v) is 11.0. The van der Waals surface area contributed by atoms with E-state index in [1.807, 2.05) is 90.7 Å². The number of fused-ring (bicyclic) bond motifs is 5. The maximum Gasteiger partial charge on any atom is 0.185 e. The zero-order chi connectivity index (χ0) is 26.9. The summed E-state index contributed by atoms with van der Waals surface area (Å²) >= 11 is 6.35. The molecule has 1 fully saturated rings. The predicted molar refractivity (Wildman–Crippen MR) is 153 cm³/mol. The first-order valence-electron chi connectivity index (χ1n) is 13.0. The molecule has 0 aromatic heterocycles. The number of nitrogens with zero attached hydrogens (tertiary/aromatic N) is 1. The zero-order valence-electron chi connectivity index (χ0n) is 21.2. The molecule has 0 saturated carbocycles. The Labute approximate surface area is 231 Å². The zero-order valence-corrected chi connectivity index (χ0v) is 21.9. The fourth-order valence-corrected chi connectivity index (χ4v) is 7.05. The summed E-state index contributed by atoms with van der Waals surface area (Å²) in [6.07, 6.45) is 3.84. The van der Waals surface area contributed by atoms with Crippen LogP contribution in [0, 0.1) is 12.3 Å². The van der Waals surface area contributed by atoms with Gasteiger partial charge in [0.25, 0.3) is 0 Å². The van der Waals surface area contributed by atoms with Gasteiger partial charge in [0, 0.05) is 33.3 Å². The van der Waals surface area contributed by atoms with Crippen LogP contribution in [0.3, 0.4) is 0 Å². The minimum absolute atomic E-state index is 0.126. The van der Waals surface area contributed by atoms with Crippen LogP contribution in [-0.2, 0) is 0 Å². The maximum absolute atomic E-state index is 14.6. The van der Waals surface area contributed by atoms with E-state index in [2.05, 4.69) is 0 Å². The molecule has 39 heavy (non-hydrogen) atoms. The summed E-state index contributed by atoms with van der Waals surface area (Å²) in [7, 11) is 0. The molecule has 190 valence electrons. The van der Waals surface area contributed by atoms with Crippen LogP contribution in [0.2, 0.25) is 5.02 Å². The summed E-state index contributed by atoms with van der Waals surface area (Å²) in [4.78, 5) is 45.7. The highest BCUT2D eigenvalue weighted by Crippen LogP contribution is 2.61. The van der Waals surface area contributed by atoms with E-state index in [1.54, 1.807) is 30.3 Å². The summed E-state index contributed by atoms with van der Waals surface area (Å²) in [5, 5.41) is 0.576. The molecule has 1 aliphatic carbocycles. The lowest BCUT2D eigenvalue weighted by Crippen LogP contribution is -2.48. The van der Waals surface area contributed by atoms with Crippen molar-refractivity contribution in [1.82, 2.24) is 0 Å². The van der Waals surface area contributed by atoms with Crippen LogP contribution < -0.4 is 4.90 Å². The van der Waals surface area contributed by atoms with Crippen LogP contribution in [0.25, 0.3) is 6.08 Å². The Kier molecular flexibility index (Phi) is 5.26. The molecule has 5 heteroatoms. The minimum Gasteiger partial charge on any atom is -0.352 e. The summed E-state index contributed by atoms with van der Waals surface area (Å²) in [5.41, 5.74) is 3.35. The number of carbonyl (C=O) groups is 3. The van der Waals surface area contributed by atoms with Crippen molar-refractivity contribution in [1.29, 1.82) is 0 Å². The van der Waals surface area contributed by atoms with Crippen LogP contribution in [0.5, 0.6) is 0 Å². The standard InChI is InChI=1S/C34H24ClNO3/c1-20-11-13-22(14-12-20)31(37)30-29(21-7-3-2-4-8-21)34(32(38)25-9-5-6-10-26(25)33(34)39)28-18-15-23-19-24(35)16-17-27(23)36(28)30/h2-19,28-30H,1H3/t28-,29+,30-/m1/s1. The molecular weight excluding hydrogens is 506 g/mol. The van der Waals surface area contributed by atoms with E-state index in [0.717, 1.165) is 22.4 Å². The van der Waals surface area contributed by atoms with Crippen molar-refractivity contribution in [3.8, 4) is 0 Å². The lowest BCUT2D eigenvalue weighted by atomic mass is 9.64. The van der Waals surface area contributed by atoms with E-state index >= 15 is 0 Å². The second-order valence-electron chi connectivity index (χ2n) is 10.6. The molecule has 0 amide bonds. The average molecular weight is 530 g/mol. The van der Waals surface area contributed by atoms with E-state index in [-0.39, 0.29) is 17.3 Å². The number of rotatable bonds is 3. The Balaban J connectivity index is 1.54. The molecule has 0 bridgehead atoms. The van der Waals surface area contributed by atoms with Crippen molar-refractivity contribution in [2.45, 2.75) is 24.9 Å². The van der Waals surface area contributed by atoms with E-state index in [9.17, 15) is 14.4 Å². The Morgan fingerprint density at radius 3 is 2.13 bits per heavy atom. The van der Waals surface area contributed by atoms with Gasteiger partial charge in [-0.25, -0.2) is 0 Å². The first-order chi connectivity index (χ1) is 18.9. The minimum atomic E-state index is -1.50. The Bertz CT molecular complexity index is 1670. The smallest absolute Gasteiger partial charge is 0.185 e. The fraction of sp³-hybridized carbons (Fsp3) is 0.147. The molecular formula is C34H24ClNO3. The SMILES string of the molecule is Cc1ccc(C(=O)[C@H]2[C@H](c3ccccc3)C3(C(=O)c4ccccc4C3=O)[C@H]3C=Cc4cc(Cl)ccc4N23)cc1. The molecule has 0 radical (unpaired) electrons. The van der Waals surface area contributed by atoms with Crippen molar-refractivity contribution in [2.24, 2.45) is 5.41 Å². The lowest BCUT2D eigenvalue weighted by Gasteiger charge is -2.37. The summed E-state index contributed by atoms with van der Waals surface area (Å²) < 4.78 is 0. The molecule has 4 aromatic carbocycles. The van der Waals surface area contributed by atoms with Gasteiger partial charge in [-0.1, -0.05) is 108 Å². The number of Topliss-reactive ketones (excluding diaryl/α,β-unsaturated/α-hetero) is 3. The van der Waals surface area contributed by atoms with E-state index in [4.69, 9.17) is 11.6 Å². The van der Waals surface area contributed by atoms with Crippen molar-refractivity contribution in [2.75, 3.05) is 4.90 Å².